The molecular weight excluding hydrogens is 478 g/mol. The third kappa shape index (κ3) is 7.68. The van der Waals surface area contributed by atoms with Crippen molar-refractivity contribution in [1.29, 1.82) is 0 Å². The lowest BCUT2D eigenvalue weighted by Gasteiger charge is -2.32. The number of rotatable bonds is 11. The first-order chi connectivity index (χ1) is 16.3. The van der Waals surface area contributed by atoms with E-state index < -0.39 is 0 Å². The van der Waals surface area contributed by atoms with Gasteiger partial charge in [0.2, 0.25) is 0 Å². The second kappa shape index (κ2) is 12.9. The number of nitrogens with one attached hydrogen (secondary N) is 1. The Morgan fingerprint density at radius 2 is 1.58 bits per heavy atom. The van der Waals surface area contributed by atoms with E-state index in [0.717, 1.165) is 36.2 Å². The molecule has 1 heterocycles. The SMILES string of the molecule is Brc1ccc(COC2CNCCC2c2ccc(OCCCOCc3ccccc3)cc2)cc1. The zero-order chi connectivity index (χ0) is 22.7. The third-order valence-corrected chi connectivity index (χ3v) is 6.45. The average molecular weight is 510 g/mol. The molecule has 1 aliphatic heterocycles. The van der Waals surface area contributed by atoms with Crippen LogP contribution in [0.5, 0.6) is 5.75 Å². The van der Waals surface area contributed by atoms with Gasteiger partial charge >= 0.3 is 0 Å². The molecule has 4 rings (SSSR count). The second-order valence-corrected chi connectivity index (χ2v) is 9.30. The number of piperidine rings is 1. The van der Waals surface area contributed by atoms with Crippen molar-refractivity contribution >= 4 is 15.9 Å². The highest BCUT2D eigenvalue weighted by atomic mass is 79.9. The Hall–Kier alpha value is -2.18. The van der Waals surface area contributed by atoms with Crippen molar-refractivity contribution in [3.63, 3.8) is 0 Å². The number of benzene rings is 3. The van der Waals surface area contributed by atoms with Gasteiger partial charge in [-0.05, 0) is 53.9 Å². The quantitative estimate of drug-likeness (QED) is 0.317. The molecule has 0 spiro atoms. The van der Waals surface area contributed by atoms with Crippen LogP contribution < -0.4 is 10.1 Å². The van der Waals surface area contributed by atoms with E-state index in [1.807, 2.05) is 18.2 Å². The molecule has 4 nitrogen and oxygen atoms in total. The molecule has 2 unspecified atom stereocenters. The molecule has 1 saturated heterocycles. The summed E-state index contributed by atoms with van der Waals surface area (Å²) in [4.78, 5) is 0. The summed E-state index contributed by atoms with van der Waals surface area (Å²) in [6.45, 7) is 4.52. The molecule has 174 valence electrons. The van der Waals surface area contributed by atoms with Crippen LogP contribution in [0.4, 0.5) is 0 Å². The average Bonchev–Trinajstić information content (AvgIpc) is 2.87. The zero-order valence-corrected chi connectivity index (χ0v) is 20.5. The lowest BCUT2D eigenvalue weighted by Crippen LogP contribution is -2.40. The summed E-state index contributed by atoms with van der Waals surface area (Å²) in [6, 6.07) is 27.1. The Morgan fingerprint density at radius 3 is 2.36 bits per heavy atom. The highest BCUT2D eigenvalue weighted by Gasteiger charge is 2.27. The summed E-state index contributed by atoms with van der Waals surface area (Å²) in [7, 11) is 0. The maximum Gasteiger partial charge on any atom is 0.119 e. The zero-order valence-electron chi connectivity index (χ0n) is 18.9. The van der Waals surface area contributed by atoms with Gasteiger partial charge < -0.3 is 19.5 Å². The second-order valence-electron chi connectivity index (χ2n) is 8.38. The molecule has 5 heteroatoms. The van der Waals surface area contributed by atoms with Gasteiger partial charge in [-0.15, -0.1) is 0 Å². The highest BCUT2D eigenvalue weighted by Crippen LogP contribution is 2.30. The van der Waals surface area contributed by atoms with E-state index in [2.05, 4.69) is 81.9 Å². The molecule has 0 radical (unpaired) electrons. The first kappa shape index (κ1) is 24.0. The summed E-state index contributed by atoms with van der Waals surface area (Å²) in [5, 5.41) is 3.48. The predicted molar refractivity (Wildman–Crippen MR) is 136 cm³/mol. The van der Waals surface area contributed by atoms with Gasteiger partial charge in [0.25, 0.3) is 0 Å². The van der Waals surface area contributed by atoms with E-state index in [9.17, 15) is 0 Å². The Morgan fingerprint density at radius 1 is 0.818 bits per heavy atom. The van der Waals surface area contributed by atoms with Crippen LogP contribution in [0.3, 0.4) is 0 Å². The maximum atomic E-state index is 6.32. The maximum absolute atomic E-state index is 6.32. The largest absolute Gasteiger partial charge is 0.494 e. The normalized spacial score (nSPS) is 18.2. The van der Waals surface area contributed by atoms with Gasteiger partial charge in [-0.25, -0.2) is 0 Å². The Balaban J connectivity index is 1.20. The molecule has 3 aromatic carbocycles. The minimum absolute atomic E-state index is 0.163. The molecule has 0 aromatic heterocycles. The van der Waals surface area contributed by atoms with Crippen molar-refractivity contribution in [3.05, 3.63) is 100 Å². The first-order valence-corrected chi connectivity index (χ1v) is 12.5. The van der Waals surface area contributed by atoms with Crippen molar-refractivity contribution in [2.75, 3.05) is 26.3 Å². The van der Waals surface area contributed by atoms with Crippen molar-refractivity contribution < 1.29 is 14.2 Å². The molecule has 2 atom stereocenters. The molecule has 1 fully saturated rings. The van der Waals surface area contributed by atoms with Crippen LogP contribution in [0.2, 0.25) is 0 Å². The molecule has 0 aliphatic carbocycles. The van der Waals surface area contributed by atoms with E-state index >= 15 is 0 Å². The van der Waals surface area contributed by atoms with Crippen molar-refractivity contribution in [1.82, 2.24) is 5.32 Å². The van der Waals surface area contributed by atoms with Gasteiger partial charge in [0, 0.05) is 23.4 Å². The highest BCUT2D eigenvalue weighted by molar-refractivity contribution is 9.10. The van der Waals surface area contributed by atoms with Gasteiger partial charge in [-0.3, -0.25) is 0 Å². The van der Waals surface area contributed by atoms with Crippen LogP contribution in [0.1, 0.15) is 35.4 Å². The number of hydrogen-bond acceptors (Lipinski definition) is 4. The lowest BCUT2D eigenvalue weighted by molar-refractivity contribution is 0.0106. The summed E-state index contributed by atoms with van der Waals surface area (Å²) < 4.78 is 19.0. The molecule has 3 aromatic rings. The van der Waals surface area contributed by atoms with Crippen LogP contribution >= 0.6 is 15.9 Å². The summed E-state index contributed by atoms with van der Waals surface area (Å²) in [6.07, 6.45) is 2.11. The third-order valence-electron chi connectivity index (χ3n) is 5.93. The summed E-state index contributed by atoms with van der Waals surface area (Å²) in [5.74, 6) is 1.30. The fourth-order valence-electron chi connectivity index (χ4n) is 4.10. The summed E-state index contributed by atoms with van der Waals surface area (Å²) >= 11 is 3.49. The van der Waals surface area contributed by atoms with Crippen molar-refractivity contribution in [2.45, 2.75) is 38.1 Å². The van der Waals surface area contributed by atoms with Crippen LogP contribution in [0.25, 0.3) is 0 Å². The number of halogens is 1. The fourth-order valence-corrected chi connectivity index (χ4v) is 4.36. The van der Waals surface area contributed by atoms with Crippen LogP contribution in [0, 0.1) is 0 Å². The fraction of sp³-hybridized carbons (Fsp3) is 0.357. The molecule has 0 amide bonds. The minimum atomic E-state index is 0.163. The van der Waals surface area contributed by atoms with Gasteiger partial charge in [-0.2, -0.15) is 0 Å². The van der Waals surface area contributed by atoms with Crippen LogP contribution in [-0.2, 0) is 22.7 Å². The number of ether oxygens (including phenoxy) is 3. The Bertz CT molecular complexity index is 947. The Labute approximate surface area is 205 Å². The molecule has 0 bridgehead atoms. The molecule has 1 aliphatic rings. The van der Waals surface area contributed by atoms with Crippen molar-refractivity contribution in [3.8, 4) is 5.75 Å². The van der Waals surface area contributed by atoms with Gasteiger partial charge in [-0.1, -0.05) is 70.5 Å². The van der Waals surface area contributed by atoms with Crippen LogP contribution in [0.15, 0.2) is 83.3 Å². The minimum Gasteiger partial charge on any atom is -0.494 e. The first-order valence-electron chi connectivity index (χ1n) is 11.7. The topological polar surface area (TPSA) is 39.7 Å². The van der Waals surface area contributed by atoms with E-state index in [1.54, 1.807) is 0 Å². The van der Waals surface area contributed by atoms with Crippen LogP contribution in [-0.4, -0.2) is 32.4 Å². The van der Waals surface area contributed by atoms with E-state index in [4.69, 9.17) is 14.2 Å². The molecule has 33 heavy (non-hydrogen) atoms. The Kier molecular flexibility index (Phi) is 9.37. The summed E-state index contributed by atoms with van der Waals surface area (Å²) in [5.41, 5.74) is 3.71. The van der Waals surface area contributed by atoms with E-state index in [0.29, 0.717) is 32.3 Å². The molecule has 0 saturated carbocycles. The van der Waals surface area contributed by atoms with E-state index in [1.165, 1.54) is 16.7 Å². The molecule has 1 N–H and O–H groups in total. The monoisotopic (exact) mass is 509 g/mol. The smallest absolute Gasteiger partial charge is 0.119 e. The van der Waals surface area contributed by atoms with Gasteiger partial charge in [0.15, 0.2) is 0 Å². The predicted octanol–water partition coefficient (Wildman–Crippen LogP) is 6.10. The van der Waals surface area contributed by atoms with Gasteiger partial charge in [0.05, 0.1) is 32.5 Å². The van der Waals surface area contributed by atoms with Gasteiger partial charge in [0.1, 0.15) is 5.75 Å². The van der Waals surface area contributed by atoms with Crippen molar-refractivity contribution in [2.24, 2.45) is 0 Å². The molecular formula is C28H32BrNO3. The number of hydrogen-bond donors (Lipinski definition) is 1. The lowest BCUT2D eigenvalue weighted by atomic mass is 9.87. The van der Waals surface area contributed by atoms with E-state index in [-0.39, 0.29) is 6.10 Å². The standard InChI is InChI=1S/C28H32BrNO3/c29-25-11-7-23(8-12-25)21-33-28-19-30-16-15-27(28)24-9-13-26(14-10-24)32-18-4-17-31-20-22-5-2-1-3-6-22/h1-3,5-14,27-28,30H,4,15-21H2.